The average molecular weight is 313 g/mol. The van der Waals surface area contributed by atoms with Gasteiger partial charge < -0.3 is 10.6 Å². The molecule has 0 aliphatic heterocycles. The van der Waals surface area contributed by atoms with Crippen LogP contribution in [0.1, 0.15) is 30.2 Å². The molecule has 1 saturated carbocycles. The van der Waals surface area contributed by atoms with Gasteiger partial charge in [0.2, 0.25) is 0 Å². The molecule has 0 spiro atoms. The molecule has 1 aliphatic carbocycles. The normalized spacial score (nSPS) is 16.3. The predicted molar refractivity (Wildman–Crippen MR) is 94.5 cm³/mol. The fourth-order valence-corrected chi connectivity index (χ4v) is 3.29. The second-order valence-corrected chi connectivity index (χ2v) is 6.81. The van der Waals surface area contributed by atoms with Crippen molar-refractivity contribution < 1.29 is 0 Å². The van der Waals surface area contributed by atoms with Crippen molar-refractivity contribution in [2.75, 3.05) is 13.1 Å². The third-order valence-corrected chi connectivity index (χ3v) is 5.01. The molecule has 1 aromatic carbocycles. The Labute approximate surface area is 136 Å². The van der Waals surface area contributed by atoms with Crippen LogP contribution in [0.2, 0.25) is 0 Å². The zero-order valence-electron chi connectivity index (χ0n) is 13.0. The minimum absolute atomic E-state index is 0.306. The van der Waals surface area contributed by atoms with Gasteiger partial charge in [-0.1, -0.05) is 36.4 Å². The third kappa shape index (κ3) is 3.69. The van der Waals surface area contributed by atoms with Crippen molar-refractivity contribution in [3.63, 3.8) is 0 Å². The summed E-state index contributed by atoms with van der Waals surface area (Å²) in [6.45, 7) is 4.68. The Morgan fingerprint density at radius 1 is 1.14 bits per heavy atom. The van der Waals surface area contributed by atoms with E-state index in [4.69, 9.17) is 0 Å². The molecule has 3 nitrogen and oxygen atoms in total. The number of nitrogens with one attached hydrogen (secondary N) is 2. The summed E-state index contributed by atoms with van der Waals surface area (Å²) in [5.74, 6) is 0.915. The first-order valence-corrected chi connectivity index (χ1v) is 8.80. The van der Waals surface area contributed by atoms with Crippen LogP contribution >= 0.6 is 11.3 Å². The van der Waals surface area contributed by atoms with Gasteiger partial charge in [-0.15, -0.1) is 11.3 Å². The Morgan fingerprint density at radius 2 is 1.95 bits per heavy atom. The minimum Gasteiger partial charge on any atom is -0.357 e. The molecule has 0 bridgehead atoms. The van der Waals surface area contributed by atoms with E-state index >= 15 is 0 Å². The van der Waals surface area contributed by atoms with E-state index in [1.807, 2.05) is 0 Å². The van der Waals surface area contributed by atoms with Crippen molar-refractivity contribution in [1.82, 2.24) is 10.6 Å². The molecule has 0 amide bonds. The summed E-state index contributed by atoms with van der Waals surface area (Å²) in [5.41, 5.74) is 1.75. The van der Waals surface area contributed by atoms with Crippen LogP contribution in [0, 0.1) is 0 Å². The van der Waals surface area contributed by atoms with Gasteiger partial charge in [0.05, 0.1) is 6.54 Å². The third-order valence-electron chi connectivity index (χ3n) is 4.15. The second-order valence-electron chi connectivity index (χ2n) is 5.77. The highest BCUT2D eigenvalue weighted by Gasteiger charge is 2.43. The van der Waals surface area contributed by atoms with E-state index in [1.54, 1.807) is 11.3 Å². The molecular weight excluding hydrogens is 290 g/mol. The van der Waals surface area contributed by atoms with Crippen molar-refractivity contribution in [2.45, 2.75) is 31.7 Å². The number of benzene rings is 1. The van der Waals surface area contributed by atoms with Crippen molar-refractivity contribution >= 4 is 17.3 Å². The van der Waals surface area contributed by atoms with Crippen LogP contribution in [0.5, 0.6) is 0 Å². The number of nitrogens with zero attached hydrogens (tertiary/aromatic N) is 1. The predicted octanol–water partition coefficient (Wildman–Crippen LogP) is 3.54. The van der Waals surface area contributed by atoms with Gasteiger partial charge in [-0.05, 0) is 36.8 Å². The first-order chi connectivity index (χ1) is 10.8. The van der Waals surface area contributed by atoms with Gasteiger partial charge in [0.1, 0.15) is 0 Å². The lowest BCUT2D eigenvalue weighted by molar-refractivity contribution is 0.646. The number of rotatable bonds is 6. The molecule has 1 aliphatic rings. The van der Waals surface area contributed by atoms with E-state index in [0.29, 0.717) is 5.41 Å². The molecule has 4 heteroatoms. The van der Waals surface area contributed by atoms with Crippen molar-refractivity contribution in [3.05, 3.63) is 58.3 Å². The van der Waals surface area contributed by atoms with Crippen LogP contribution < -0.4 is 10.6 Å². The second kappa shape index (κ2) is 6.97. The van der Waals surface area contributed by atoms with Crippen LogP contribution in [0.3, 0.4) is 0 Å². The number of guanidine groups is 1. The summed E-state index contributed by atoms with van der Waals surface area (Å²) in [6.07, 6.45) is 2.52. The highest BCUT2D eigenvalue weighted by Crippen LogP contribution is 2.47. The van der Waals surface area contributed by atoms with Crippen LogP contribution in [0.25, 0.3) is 0 Å². The first kappa shape index (κ1) is 15.1. The van der Waals surface area contributed by atoms with Gasteiger partial charge in [0.15, 0.2) is 5.96 Å². The Kier molecular flexibility index (Phi) is 4.78. The molecule has 2 N–H and O–H groups in total. The first-order valence-electron chi connectivity index (χ1n) is 7.92. The summed E-state index contributed by atoms with van der Waals surface area (Å²) in [7, 11) is 0. The number of hydrogen-bond acceptors (Lipinski definition) is 2. The highest BCUT2D eigenvalue weighted by molar-refractivity contribution is 7.09. The summed E-state index contributed by atoms with van der Waals surface area (Å²) in [5, 5.41) is 8.97. The summed E-state index contributed by atoms with van der Waals surface area (Å²) in [6, 6.07) is 15.0. The number of thiophene rings is 1. The Balaban J connectivity index is 1.61. The maximum atomic E-state index is 4.69. The molecule has 116 valence electrons. The number of aliphatic imine (C=N–C) groups is 1. The maximum Gasteiger partial charge on any atom is 0.191 e. The molecule has 0 atom stereocenters. The zero-order chi connectivity index (χ0) is 15.3. The Morgan fingerprint density at radius 3 is 2.59 bits per heavy atom. The molecule has 0 saturated heterocycles. The minimum atomic E-state index is 0.306. The fraction of sp³-hybridized carbons (Fsp3) is 0.389. The van der Waals surface area contributed by atoms with Gasteiger partial charge in [-0.3, -0.25) is 0 Å². The Hall–Kier alpha value is -1.81. The van der Waals surface area contributed by atoms with Gasteiger partial charge >= 0.3 is 0 Å². The lowest BCUT2D eigenvalue weighted by atomic mass is 9.96. The molecule has 1 fully saturated rings. The highest BCUT2D eigenvalue weighted by atomic mass is 32.1. The molecule has 0 unspecified atom stereocenters. The monoisotopic (exact) mass is 313 g/mol. The molecule has 0 radical (unpaired) electrons. The molecule has 2 aromatic rings. The topological polar surface area (TPSA) is 36.4 Å². The molecule has 1 aromatic heterocycles. The number of hydrogen-bond donors (Lipinski definition) is 2. The van der Waals surface area contributed by atoms with Gasteiger partial charge in [0, 0.05) is 23.4 Å². The maximum absolute atomic E-state index is 4.69. The van der Waals surface area contributed by atoms with Crippen LogP contribution in [0.4, 0.5) is 0 Å². The summed E-state index contributed by atoms with van der Waals surface area (Å²) < 4.78 is 0. The molecule has 3 rings (SSSR count). The van der Waals surface area contributed by atoms with E-state index in [0.717, 1.165) is 25.6 Å². The van der Waals surface area contributed by atoms with Crippen LogP contribution in [0.15, 0.2) is 52.8 Å². The molecule has 1 heterocycles. The van der Waals surface area contributed by atoms with E-state index in [2.05, 4.69) is 70.4 Å². The van der Waals surface area contributed by atoms with E-state index in [1.165, 1.54) is 23.3 Å². The van der Waals surface area contributed by atoms with Crippen molar-refractivity contribution in [1.29, 1.82) is 0 Å². The summed E-state index contributed by atoms with van der Waals surface area (Å²) in [4.78, 5) is 5.98. The standard InChI is InChI=1S/C18H23N3S/c1-2-19-17(20-13-16-9-6-12-22-16)21-14-18(10-11-18)15-7-4-3-5-8-15/h3-9,12H,2,10-11,13-14H2,1H3,(H2,19,20,21). The van der Waals surface area contributed by atoms with Crippen molar-refractivity contribution in [3.8, 4) is 0 Å². The quantitative estimate of drug-likeness (QED) is 0.632. The van der Waals surface area contributed by atoms with Gasteiger partial charge in [0.25, 0.3) is 0 Å². The SMILES string of the molecule is CCNC(=NCc1cccs1)NCC1(c2ccccc2)CC1. The van der Waals surface area contributed by atoms with Crippen molar-refractivity contribution in [2.24, 2.45) is 4.99 Å². The van der Waals surface area contributed by atoms with E-state index in [-0.39, 0.29) is 0 Å². The smallest absolute Gasteiger partial charge is 0.191 e. The molecule has 22 heavy (non-hydrogen) atoms. The van der Waals surface area contributed by atoms with E-state index < -0.39 is 0 Å². The van der Waals surface area contributed by atoms with Gasteiger partial charge in [-0.2, -0.15) is 0 Å². The summed E-state index contributed by atoms with van der Waals surface area (Å²) >= 11 is 1.75. The lowest BCUT2D eigenvalue weighted by Gasteiger charge is -2.19. The average Bonchev–Trinajstić information content (AvgIpc) is 3.17. The van der Waals surface area contributed by atoms with E-state index in [9.17, 15) is 0 Å². The van der Waals surface area contributed by atoms with Crippen LogP contribution in [-0.4, -0.2) is 19.0 Å². The van der Waals surface area contributed by atoms with Crippen LogP contribution in [-0.2, 0) is 12.0 Å². The zero-order valence-corrected chi connectivity index (χ0v) is 13.8. The largest absolute Gasteiger partial charge is 0.357 e. The molecular formula is C18H23N3S. The Bertz CT molecular complexity index is 601. The fourth-order valence-electron chi connectivity index (χ4n) is 2.66. The lowest BCUT2D eigenvalue weighted by Crippen LogP contribution is -2.41. The van der Waals surface area contributed by atoms with Gasteiger partial charge in [-0.25, -0.2) is 4.99 Å².